The van der Waals surface area contributed by atoms with E-state index < -0.39 is 28.5 Å². The SMILES string of the molecule is Cc1ccc(S(=O)(=O)N(CC(=O)N(Cc2ccc(Cl)cc2)[C@H](Cc2ccccc2)C(=O)NCC(C)C)c2ccc(Cl)c(Cl)c2)cc1. The highest BCUT2D eigenvalue weighted by molar-refractivity contribution is 7.92. The first-order valence-corrected chi connectivity index (χ1v) is 17.3. The molecule has 0 aromatic heterocycles. The molecule has 242 valence electrons. The predicted octanol–water partition coefficient (Wildman–Crippen LogP) is 7.56. The van der Waals surface area contributed by atoms with Crippen LogP contribution in [0.25, 0.3) is 0 Å². The van der Waals surface area contributed by atoms with Crippen molar-refractivity contribution in [2.45, 2.75) is 44.7 Å². The van der Waals surface area contributed by atoms with Crippen LogP contribution < -0.4 is 9.62 Å². The van der Waals surface area contributed by atoms with Crippen molar-refractivity contribution >= 4 is 62.3 Å². The van der Waals surface area contributed by atoms with Gasteiger partial charge in [0.25, 0.3) is 10.0 Å². The fourth-order valence-electron chi connectivity index (χ4n) is 4.77. The van der Waals surface area contributed by atoms with Crippen LogP contribution in [-0.2, 0) is 32.6 Å². The monoisotopic (exact) mass is 699 g/mol. The van der Waals surface area contributed by atoms with E-state index >= 15 is 0 Å². The van der Waals surface area contributed by atoms with Crippen LogP contribution in [-0.4, -0.2) is 44.3 Å². The minimum atomic E-state index is -4.27. The summed E-state index contributed by atoms with van der Waals surface area (Å²) in [5.74, 6) is -0.758. The van der Waals surface area contributed by atoms with E-state index in [-0.39, 0.29) is 45.4 Å². The van der Waals surface area contributed by atoms with Crippen LogP contribution in [0, 0.1) is 12.8 Å². The number of amides is 2. The van der Waals surface area contributed by atoms with E-state index in [0.717, 1.165) is 21.0 Å². The number of aryl methyl sites for hydroxylation is 1. The second kappa shape index (κ2) is 15.8. The fourth-order valence-corrected chi connectivity index (χ4v) is 6.59. The number of carbonyl (C=O) groups excluding carboxylic acids is 2. The van der Waals surface area contributed by atoms with E-state index in [4.69, 9.17) is 34.8 Å². The molecule has 0 unspecified atom stereocenters. The third-order valence-corrected chi connectivity index (χ3v) is 10.1. The maximum Gasteiger partial charge on any atom is 0.264 e. The number of halogens is 3. The molecular weight excluding hydrogens is 665 g/mol. The molecule has 0 radical (unpaired) electrons. The molecular formula is C35H36Cl3N3O4S. The first-order valence-electron chi connectivity index (χ1n) is 14.7. The van der Waals surface area contributed by atoms with Gasteiger partial charge in [0.1, 0.15) is 12.6 Å². The Morgan fingerprint density at radius 2 is 1.46 bits per heavy atom. The van der Waals surface area contributed by atoms with Crippen molar-refractivity contribution in [3.8, 4) is 0 Å². The zero-order valence-corrected chi connectivity index (χ0v) is 28.9. The van der Waals surface area contributed by atoms with Crippen molar-refractivity contribution in [2.75, 3.05) is 17.4 Å². The number of carbonyl (C=O) groups is 2. The summed E-state index contributed by atoms with van der Waals surface area (Å²) in [6, 6.07) is 26.1. The van der Waals surface area contributed by atoms with Gasteiger partial charge in [0.15, 0.2) is 0 Å². The highest BCUT2D eigenvalue weighted by atomic mass is 35.5. The maximum absolute atomic E-state index is 14.5. The largest absolute Gasteiger partial charge is 0.354 e. The molecule has 46 heavy (non-hydrogen) atoms. The second-order valence-corrected chi connectivity index (χ2v) is 14.5. The molecule has 0 saturated carbocycles. The van der Waals surface area contributed by atoms with Gasteiger partial charge >= 0.3 is 0 Å². The van der Waals surface area contributed by atoms with Crippen molar-refractivity contribution in [1.82, 2.24) is 10.2 Å². The summed E-state index contributed by atoms with van der Waals surface area (Å²) in [5.41, 5.74) is 2.59. The second-order valence-electron chi connectivity index (χ2n) is 11.4. The first kappa shape index (κ1) is 35.3. The number of hydrogen-bond donors (Lipinski definition) is 1. The standard InChI is InChI=1S/C35H36Cl3N3O4S/c1-24(2)21-39-35(43)33(19-26-7-5-4-6-8-26)40(22-27-11-13-28(36)14-12-27)34(42)23-41(29-15-18-31(37)32(38)20-29)46(44,45)30-16-9-25(3)10-17-30/h4-18,20,24,33H,19,21-23H2,1-3H3,(H,39,43)/t33-/m1/s1. The van der Waals surface area contributed by atoms with E-state index in [2.05, 4.69) is 5.32 Å². The summed E-state index contributed by atoms with van der Waals surface area (Å²) in [6.07, 6.45) is 0.210. The summed E-state index contributed by atoms with van der Waals surface area (Å²) in [4.78, 5) is 29.8. The van der Waals surface area contributed by atoms with E-state index in [1.54, 1.807) is 36.4 Å². The van der Waals surface area contributed by atoms with Gasteiger partial charge in [0.05, 0.1) is 20.6 Å². The summed E-state index contributed by atoms with van der Waals surface area (Å²) in [5, 5.41) is 3.86. The number of benzene rings is 4. The van der Waals surface area contributed by atoms with Gasteiger partial charge in [-0.05, 0) is 66.4 Å². The van der Waals surface area contributed by atoms with Crippen LogP contribution in [0.15, 0.2) is 102 Å². The van der Waals surface area contributed by atoms with E-state index in [1.165, 1.54) is 35.2 Å². The molecule has 0 saturated heterocycles. The summed E-state index contributed by atoms with van der Waals surface area (Å²) < 4.78 is 29.3. The lowest BCUT2D eigenvalue weighted by molar-refractivity contribution is -0.140. The highest BCUT2D eigenvalue weighted by Gasteiger charge is 2.35. The average molecular weight is 701 g/mol. The Bertz CT molecular complexity index is 1750. The van der Waals surface area contributed by atoms with Gasteiger partial charge in [-0.15, -0.1) is 0 Å². The quantitative estimate of drug-likeness (QED) is 0.156. The van der Waals surface area contributed by atoms with Gasteiger partial charge in [0, 0.05) is 24.5 Å². The van der Waals surface area contributed by atoms with Gasteiger partial charge in [-0.25, -0.2) is 8.42 Å². The summed E-state index contributed by atoms with van der Waals surface area (Å²) in [7, 11) is -4.27. The molecule has 4 aromatic carbocycles. The Morgan fingerprint density at radius 1 is 0.804 bits per heavy atom. The zero-order valence-electron chi connectivity index (χ0n) is 25.8. The lowest BCUT2D eigenvalue weighted by Gasteiger charge is -2.34. The molecule has 0 heterocycles. The van der Waals surface area contributed by atoms with Crippen LogP contribution >= 0.6 is 34.8 Å². The smallest absolute Gasteiger partial charge is 0.264 e. The minimum absolute atomic E-state index is 0.00302. The van der Waals surface area contributed by atoms with Crippen LogP contribution in [0.2, 0.25) is 15.1 Å². The van der Waals surface area contributed by atoms with Crippen molar-refractivity contribution < 1.29 is 18.0 Å². The van der Waals surface area contributed by atoms with Crippen molar-refractivity contribution in [2.24, 2.45) is 5.92 Å². The Balaban J connectivity index is 1.81. The summed E-state index contributed by atoms with van der Waals surface area (Å²) >= 11 is 18.6. The number of hydrogen-bond acceptors (Lipinski definition) is 4. The van der Waals surface area contributed by atoms with E-state index in [0.29, 0.717) is 11.6 Å². The molecule has 11 heteroatoms. The molecule has 0 bridgehead atoms. The van der Waals surface area contributed by atoms with Crippen LogP contribution in [0.3, 0.4) is 0 Å². The topological polar surface area (TPSA) is 86.8 Å². The van der Waals surface area contributed by atoms with Crippen LogP contribution in [0.4, 0.5) is 5.69 Å². The van der Waals surface area contributed by atoms with Crippen molar-refractivity contribution in [3.05, 3.63) is 129 Å². The van der Waals surface area contributed by atoms with E-state index in [1.807, 2.05) is 51.1 Å². The number of anilines is 1. The molecule has 2 amide bonds. The molecule has 1 N–H and O–H groups in total. The van der Waals surface area contributed by atoms with Gasteiger partial charge < -0.3 is 10.2 Å². The molecule has 0 fully saturated rings. The van der Waals surface area contributed by atoms with Gasteiger partial charge in [0.2, 0.25) is 11.8 Å². The van der Waals surface area contributed by atoms with Gasteiger partial charge in [-0.2, -0.15) is 0 Å². The Morgan fingerprint density at radius 3 is 2.07 bits per heavy atom. The van der Waals surface area contributed by atoms with Crippen molar-refractivity contribution in [3.63, 3.8) is 0 Å². The summed E-state index contributed by atoms with van der Waals surface area (Å²) in [6.45, 7) is 5.64. The maximum atomic E-state index is 14.5. The van der Waals surface area contributed by atoms with Crippen LogP contribution in [0.1, 0.15) is 30.5 Å². The lowest BCUT2D eigenvalue weighted by Crippen LogP contribution is -2.53. The van der Waals surface area contributed by atoms with Gasteiger partial charge in [-0.1, -0.05) is 109 Å². The molecule has 4 aromatic rings. The zero-order chi connectivity index (χ0) is 33.4. The third-order valence-electron chi connectivity index (χ3n) is 7.30. The van der Waals surface area contributed by atoms with Crippen molar-refractivity contribution in [1.29, 1.82) is 0 Å². The minimum Gasteiger partial charge on any atom is -0.354 e. The third kappa shape index (κ3) is 9.26. The molecule has 0 aliphatic carbocycles. The Hall–Kier alpha value is -3.56. The molecule has 4 rings (SSSR count). The van der Waals surface area contributed by atoms with E-state index in [9.17, 15) is 18.0 Å². The first-order chi connectivity index (χ1) is 21.8. The normalized spacial score (nSPS) is 12.1. The number of nitrogens with one attached hydrogen (secondary N) is 1. The van der Waals surface area contributed by atoms with Crippen LogP contribution in [0.5, 0.6) is 0 Å². The molecule has 7 nitrogen and oxygen atoms in total. The van der Waals surface area contributed by atoms with Gasteiger partial charge in [-0.3, -0.25) is 13.9 Å². The number of sulfonamides is 1. The molecule has 0 aliphatic rings. The Labute approximate surface area is 286 Å². The highest BCUT2D eigenvalue weighted by Crippen LogP contribution is 2.31. The number of nitrogens with zero attached hydrogens (tertiary/aromatic N) is 2. The fraction of sp³-hybridized carbons (Fsp3) is 0.257. The number of rotatable bonds is 13. The average Bonchev–Trinajstić information content (AvgIpc) is 3.03. The molecule has 0 aliphatic heterocycles. The lowest BCUT2D eigenvalue weighted by atomic mass is 10.0. The molecule has 1 atom stereocenters. The Kier molecular flexibility index (Phi) is 12.1. The predicted molar refractivity (Wildman–Crippen MR) is 186 cm³/mol. The molecule has 0 spiro atoms.